The van der Waals surface area contributed by atoms with Crippen LogP contribution in [0.5, 0.6) is 0 Å². The van der Waals surface area contributed by atoms with Gasteiger partial charge in [0.15, 0.2) is 5.82 Å². The van der Waals surface area contributed by atoms with Crippen LogP contribution in [-0.4, -0.2) is 43.5 Å². The van der Waals surface area contributed by atoms with Crippen LogP contribution in [0.1, 0.15) is 31.6 Å². The van der Waals surface area contributed by atoms with Crippen LogP contribution in [0, 0.1) is 0 Å². The second-order valence-electron chi connectivity index (χ2n) is 5.99. The summed E-state index contributed by atoms with van der Waals surface area (Å²) in [5.74, 6) is 0.349. The van der Waals surface area contributed by atoms with Crippen LogP contribution < -0.4 is 15.8 Å². The summed E-state index contributed by atoms with van der Waals surface area (Å²) in [7, 11) is 1.81. The zero-order valence-corrected chi connectivity index (χ0v) is 13.8. The van der Waals surface area contributed by atoms with E-state index in [1.807, 2.05) is 6.92 Å². The zero-order chi connectivity index (χ0) is 17.1. The number of nitrogens with zero attached hydrogens (tertiary/aromatic N) is 6. The molecule has 9 nitrogen and oxygen atoms in total. The van der Waals surface area contributed by atoms with Gasteiger partial charge in [-0.1, -0.05) is 0 Å². The van der Waals surface area contributed by atoms with E-state index >= 15 is 0 Å². The molecule has 0 saturated carbocycles. The Balaban J connectivity index is 1.64. The number of anilines is 1. The molecule has 9 heteroatoms. The molecule has 3 rings (SSSR count). The van der Waals surface area contributed by atoms with Gasteiger partial charge >= 0.3 is 0 Å². The lowest BCUT2D eigenvalue weighted by Gasteiger charge is -2.17. The number of aromatic nitrogens is 5. The van der Waals surface area contributed by atoms with Crippen molar-refractivity contribution >= 4 is 11.6 Å². The van der Waals surface area contributed by atoms with Crippen molar-refractivity contribution in [2.45, 2.75) is 32.4 Å². The molecule has 1 aliphatic rings. The largest absolute Gasteiger partial charge is 0.370 e. The van der Waals surface area contributed by atoms with Crippen molar-refractivity contribution in [3.8, 4) is 0 Å². The van der Waals surface area contributed by atoms with E-state index in [0.717, 1.165) is 36.3 Å². The molecule has 0 aliphatic carbocycles. The third kappa shape index (κ3) is 3.44. The van der Waals surface area contributed by atoms with Gasteiger partial charge in [-0.25, -0.2) is 4.68 Å². The highest BCUT2D eigenvalue weighted by molar-refractivity contribution is 5.76. The number of carbonyl (C=O) groups excluding carboxylic acids is 1. The van der Waals surface area contributed by atoms with Crippen molar-refractivity contribution < 1.29 is 4.79 Å². The summed E-state index contributed by atoms with van der Waals surface area (Å²) < 4.78 is 2.90. The van der Waals surface area contributed by atoms with E-state index in [0.29, 0.717) is 5.82 Å². The summed E-state index contributed by atoms with van der Waals surface area (Å²) in [6.45, 7) is 3.58. The normalized spacial score (nSPS) is 15.5. The molecule has 1 fully saturated rings. The highest BCUT2D eigenvalue weighted by Gasteiger charge is 2.17. The fourth-order valence-corrected chi connectivity index (χ4v) is 2.86. The van der Waals surface area contributed by atoms with Gasteiger partial charge in [0.05, 0.1) is 17.9 Å². The number of nitrogens with one attached hydrogen (secondary N) is 1. The first-order chi connectivity index (χ1) is 11.5. The maximum atomic E-state index is 12.2. The van der Waals surface area contributed by atoms with Gasteiger partial charge in [-0.05, 0) is 19.8 Å². The van der Waals surface area contributed by atoms with Crippen molar-refractivity contribution in [2.24, 2.45) is 7.05 Å². The molecule has 1 atom stereocenters. The molecule has 2 aromatic rings. The monoisotopic (exact) mass is 331 g/mol. The van der Waals surface area contributed by atoms with Crippen molar-refractivity contribution in [2.75, 3.05) is 18.0 Å². The minimum absolute atomic E-state index is 0.124. The quantitative estimate of drug-likeness (QED) is 0.818. The fourth-order valence-electron chi connectivity index (χ4n) is 2.86. The fraction of sp³-hybridized carbons (Fsp3) is 0.533. The average molecular weight is 331 g/mol. The van der Waals surface area contributed by atoms with Crippen LogP contribution in [0.2, 0.25) is 0 Å². The van der Waals surface area contributed by atoms with Gasteiger partial charge in [0, 0.05) is 26.2 Å². The van der Waals surface area contributed by atoms with E-state index in [1.165, 1.54) is 6.07 Å². The Morgan fingerprint density at radius 1 is 1.38 bits per heavy atom. The summed E-state index contributed by atoms with van der Waals surface area (Å²) >= 11 is 0. The first-order valence-electron chi connectivity index (χ1n) is 8.00. The molecule has 1 amide bonds. The summed E-state index contributed by atoms with van der Waals surface area (Å²) in [5, 5.41) is 14.7. The topological polar surface area (TPSA) is 97.9 Å². The Morgan fingerprint density at radius 3 is 2.75 bits per heavy atom. The standard InChI is InChI=1S/C15H21N7O2/c1-11(15-19-16-10-20(15)2)18-13(23)9-22-14(24)7-12(8-17-22)21-5-3-4-6-21/h7-8,10-11H,3-6,9H2,1-2H3,(H,18,23). The molecule has 3 heterocycles. The second-order valence-corrected chi connectivity index (χ2v) is 5.99. The smallest absolute Gasteiger partial charge is 0.269 e. The number of hydrogen-bond donors (Lipinski definition) is 1. The summed E-state index contributed by atoms with van der Waals surface area (Å²) in [6.07, 6.45) is 5.48. The maximum Gasteiger partial charge on any atom is 0.269 e. The molecule has 128 valence electrons. The van der Waals surface area contributed by atoms with Gasteiger partial charge in [0.2, 0.25) is 5.91 Å². The summed E-state index contributed by atoms with van der Waals surface area (Å²) in [5.41, 5.74) is 0.544. The van der Waals surface area contributed by atoms with Crippen LogP contribution in [0.15, 0.2) is 23.4 Å². The number of amides is 1. The van der Waals surface area contributed by atoms with E-state index in [-0.39, 0.29) is 24.1 Å². The molecule has 1 aliphatic heterocycles. The lowest BCUT2D eigenvalue weighted by atomic mass is 10.3. The molecular weight excluding hydrogens is 310 g/mol. The Labute approximate surface area is 139 Å². The van der Waals surface area contributed by atoms with Crippen LogP contribution in [0.3, 0.4) is 0 Å². The molecule has 1 saturated heterocycles. The first kappa shape index (κ1) is 16.2. The Morgan fingerprint density at radius 2 is 2.12 bits per heavy atom. The van der Waals surface area contributed by atoms with Gasteiger partial charge in [0.25, 0.3) is 5.56 Å². The third-order valence-corrected chi connectivity index (χ3v) is 4.13. The highest BCUT2D eigenvalue weighted by atomic mass is 16.2. The van der Waals surface area contributed by atoms with Gasteiger partial charge < -0.3 is 14.8 Å². The van der Waals surface area contributed by atoms with Crippen LogP contribution >= 0.6 is 0 Å². The van der Waals surface area contributed by atoms with Crippen molar-refractivity contribution in [1.82, 2.24) is 29.9 Å². The maximum absolute atomic E-state index is 12.2. The minimum atomic E-state index is -0.301. The summed E-state index contributed by atoms with van der Waals surface area (Å²) in [4.78, 5) is 26.4. The number of hydrogen-bond acceptors (Lipinski definition) is 6. The van der Waals surface area contributed by atoms with E-state index in [4.69, 9.17) is 0 Å². The van der Waals surface area contributed by atoms with E-state index < -0.39 is 0 Å². The predicted molar refractivity (Wildman–Crippen MR) is 87.5 cm³/mol. The third-order valence-electron chi connectivity index (χ3n) is 4.13. The molecule has 0 spiro atoms. The Hall–Kier alpha value is -2.71. The van der Waals surface area contributed by atoms with Gasteiger partial charge in [0.1, 0.15) is 12.9 Å². The highest BCUT2D eigenvalue weighted by Crippen LogP contribution is 2.16. The molecule has 0 aromatic carbocycles. The van der Waals surface area contributed by atoms with Crippen molar-refractivity contribution in [1.29, 1.82) is 0 Å². The second kappa shape index (κ2) is 6.81. The van der Waals surface area contributed by atoms with E-state index in [1.54, 1.807) is 24.1 Å². The molecule has 1 N–H and O–H groups in total. The van der Waals surface area contributed by atoms with Gasteiger partial charge in [-0.15, -0.1) is 10.2 Å². The number of carbonyl (C=O) groups is 1. The summed E-state index contributed by atoms with van der Waals surface area (Å²) in [6, 6.07) is 1.24. The average Bonchev–Trinajstić information content (AvgIpc) is 3.20. The van der Waals surface area contributed by atoms with E-state index in [9.17, 15) is 9.59 Å². The lowest BCUT2D eigenvalue weighted by Crippen LogP contribution is -2.35. The van der Waals surface area contributed by atoms with Crippen LogP contribution in [0.25, 0.3) is 0 Å². The molecule has 24 heavy (non-hydrogen) atoms. The van der Waals surface area contributed by atoms with Crippen molar-refractivity contribution in [3.63, 3.8) is 0 Å². The molecule has 0 bridgehead atoms. The zero-order valence-electron chi connectivity index (χ0n) is 13.8. The Kier molecular flexibility index (Phi) is 4.59. The van der Waals surface area contributed by atoms with Gasteiger partial charge in [-0.3, -0.25) is 9.59 Å². The lowest BCUT2D eigenvalue weighted by molar-refractivity contribution is -0.122. The van der Waals surface area contributed by atoms with E-state index in [2.05, 4.69) is 25.5 Å². The van der Waals surface area contributed by atoms with Crippen LogP contribution in [-0.2, 0) is 18.4 Å². The minimum Gasteiger partial charge on any atom is -0.370 e. The van der Waals surface area contributed by atoms with Crippen molar-refractivity contribution in [3.05, 3.63) is 34.8 Å². The number of rotatable bonds is 5. The molecule has 2 aromatic heterocycles. The SMILES string of the molecule is CC(NC(=O)Cn1ncc(N2CCCC2)cc1=O)c1nncn1C. The van der Waals surface area contributed by atoms with Crippen LogP contribution in [0.4, 0.5) is 5.69 Å². The molecule has 1 unspecified atom stereocenters. The molecular formula is C15H21N7O2. The Bertz CT molecular complexity index is 776. The predicted octanol–water partition coefficient (Wildman–Crippen LogP) is -0.151. The van der Waals surface area contributed by atoms with Gasteiger partial charge in [-0.2, -0.15) is 5.10 Å². The molecule has 0 radical (unpaired) electrons. The number of aryl methyl sites for hydroxylation is 1. The first-order valence-corrected chi connectivity index (χ1v) is 8.00.